The predicted molar refractivity (Wildman–Crippen MR) is 48.6 cm³/mol. The van der Waals surface area contributed by atoms with Crippen molar-refractivity contribution in [3.63, 3.8) is 0 Å². The molecule has 3 rings (SSSR count). The first kappa shape index (κ1) is 8.17. The predicted octanol–water partition coefficient (Wildman–Crippen LogP) is 1.19. The Kier molecular flexibility index (Phi) is 1.43. The van der Waals surface area contributed by atoms with E-state index < -0.39 is 5.95 Å². The van der Waals surface area contributed by atoms with E-state index in [1.54, 1.807) is 6.07 Å². The smallest absolute Gasteiger partial charge is 0.213 e. The van der Waals surface area contributed by atoms with E-state index in [-0.39, 0.29) is 11.5 Å². The first-order valence-electron chi connectivity index (χ1n) is 4.81. The Morgan fingerprint density at radius 3 is 3.00 bits per heavy atom. The van der Waals surface area contributed by atoms with E-state index in [9.17, 15) is 4.39 Å². The highest BCUT2D eigenvalue weighted by Crippen LogP contribution is 2.56. The molecule has 1 saturated carbocycles. The molecule has 3 nitrogen and oxygen atoms in total. The fourth-order valence-electron chi connectivity index (χ4n) is 2.21. The Morgan fingerprint density at radius 2 is 2.36 bits per heavy atom. The van der Waals surface area contributed by atoms with Gasteiger partial charge < -0.3 is 10.5 Å². The number of nitrogens with zero attached hydrogens (tertiary/aromatic N) is 1. The first-order chi connectivity index (χ1) is 6.75. The number of fused-ring (bicyclic) bond motifs is 1. The molecule has 1 atom stereocenters. The molecule has 0 radical (unpaired) electrons. The first-order valence-corrected chi connectivity index (χ1v) is 4.81. The molecular weight excluding hydrogens is 183 g/mol. The molecule has 0 unspecified atom stereocenters. The molecule has 0 aromatic carbocycles. The van der Waals surface area contributed by atoms with Crippen molar-refractivity contribution in [3.8, 4) is 5.75 Å². The van der Waals surface area contributed by atoms with E-state index in [1.165, 1.54) is 6.07 Å². The Hall–Kier alpha value is -1.16. The van der Waals surface area contributed by atoms with Crippen LogP contribution in [0.5, 0.6) is 5.75 Å². The molecule has 2 aliphatic rings. The van der Waals surface area contributed by atoms with Gasteiger partial charge in [0.1, 0.15) is 11.4 Å². The Bertz CT molecular complexity index is 390. The van der Waals surface area contributed by atoms with Crippen LogP contribution >= 0.6 is 0 Å². The highest BCUT2D eigenvalue weighted by atomic mass is 19.1. The van der Waals surface area contributed by atoms with Gasteiger partial charge >= 0.3 is 0 Å². The SMILES string of the molecule is NC[C@H]1c2nc(F)ccc2OC12CC2. The molecular formula is C10H11FN2O. The van der Waals surface area contributed by atoms with Crippen LogP contribution in [-0.4, -0.2) is 17.1 Å². The summed E-state index contributed by atoms with van der Waals surface area (Å²) in [6.07, 6.45) is 2.01. The Morgan fingerprint density at radius 1 is 1.57 bits per heavy atom. The average Bonchev–Trinajstić information content (AvgIpc) is 2.83. The number of rotatable bonds is 1. The number of hydrogen-bond acceptors (Lipinski definition) is 3. The van der Waals surface area contributed by atoms with Crippen molar-refractivity contribution in [1.29, 1.82) is 0 Å². The molecule has 0 saturated heterocycles. The molecule has 1 aliphatic carbocycles. The van der Waals surface area contributed by atoms with Crippen LogP contribution in [0.4, 0.5) is 4.39 Å². The van der Waals surface area contributed by atoms with Gasteiger partial charge in [0.25, 0.3) is 0 Å². The lowest BCUT2D eigenvalue weighted by Gasteiger charge is -2.14. The van der Waals surface area contributed by atoms with Crippen LogP contribution in [0, 0.1) is 5.95 Å². The largest absolute Gasteiger partial charge is 0.485 e. The second-order valence-corrected chi connectivity index (χ2v) is 3.97. The van der Waals surface area contributed by atoms with Crippen molar-refractivity contribution in [3.05, 3.63) is 23.8 Å². The zero-order valence-corrected chi connectivity index (χ0v) is 7.66. The van der Waals surface area contributed by atoms with Crippen molar-refractivity contribution in [2.24, 2.45) is 5.73 Å². The summed E-state index contributed by atoms with van der Waals surface area (Å²) in [4.78, 5) is 3.87. The van der Waals surface area contributed by atoms with Crippen molar-refractivity contribution < 1.29 is 9.13 Å². The third-order valence-electron chi connectivity index (χ3n) is 3.11. The highest BCUT2D eigenvalue weighted by Gasteiger charge is 2.57. The van der Waals surface area contributed by atoms with Crippen LogP contribution < -0.4 is 10.5 Å². The zero-order chi connectivity index (χ0) is 9.76. The van der Waals surface area contributed by atoms with Gasteiger partial charge in [0.15, 0.2) is 0 Å². The fourth-order valence-corrected chi connectivity index (χ4v) is 2.21. The van der Waals surface area contributed by atoms with E-state index in [2.05, 4.69) is 4.98 Å². The lowest BCUT2D eigenvalue weighted by molar-refractivity contribution is 0.184. The van der Waals surface area contributed by atoms with E-state index in [0.717, 1.165) is 12.8 Å². The van der Waals surface area contributed by atoms with Gasteiger partial charge in [-0.3, -0.25) is 0 Å². The second kappa shape index (κ2) is 2.45. The Labute approximate surface area is 81.1 Å². The molecule has 14 heavy (non-hydrogen) atoms. The normalized spacial score (nSPS) is 26.0. The molecule has 0 bridgehead atoms. The third kappa shape index (κ3) is 0.917. The molecule has 1 aromatic heterocycles. The molecule has 4 heteroatoms. The summed E-state index contributed by atoms with van der Waals surface area (Å²) in [7, 11) is 0. The van der Waals surface area contributed by atoms with Crippen molar-refractivity contribution in [1.82, 2.24) is 4.98 Å². The molecule has 1 spiro atoms. The monoisotopic (exact) mass is 194 g/mol. The molecule has 1 aliphatic heterocycles. The van der Waals surface area contributed by atoms with Gasteiger partial charge in [-0.15, -0.1) is 0 Å². The van der Waals surface area contributed by atoms with Gasteiger partial charge in [-0.05, 0) is 25.0 Å². The zero-order valence-electron chi connectivity index (χ0n) is 7.66. The molecule has 1 aromatic rings. The van der Waals surface area contributed by atoms with Gasteiger partial charge in [-0.2, -0.15) is 4.39 Å². The highest BCUT2D eigenvalue weighted by molar-refractivity contribution is 5.41. The van der Waals surface area contributed by atoms with Crippen LogP contribution in [0.2, 0.25) is 0 Å². The number of aromatic nitrogens is 1. The van der Waals surface area contributed by atoms with E-state index in [4.69, 9.17) is 10.5 Å². The maximum Gasteiger partial charge on any atom is 0.213 e. The van der Waals surface area contributed by atoms with Crippen LogP contribution in [-0.2, 0) is 0 Å². The summed E-state index contributed by atoms with van der Waals surface area (Å²) in [5.74, 6) is 0.330. The third-order valence-corrected chi connectivity index (χ3v) is 3.11. The van der Waals surface area contributed by atoms with Crippen LogP contribution in [0.15, 0.2) is 12.1 Å². The molecule has 2 heterocycles. The number of hydrogen-bond donors (Lipinski definition) is 1. The van der Waals surface area contributed by atoms with Crippen molar-refractivity contribution >= 4 is 0 Å². The molecule has 1 fully saturated rings. The van der Waals surface area contributed by atoms with Gasteiger partial charge in [0, 0.05) is 6.54 Å². The van der Waals surface area contributed by atoms with Gasteiger partial charge in [-0.1, -0.05) is 0 Å². The standard InChI is InChI=1S/C10H11FN2O/c11-8-2-1-7-9(13-8)6(5-12)10(14-7)3-4-10/h1-2,6H,3-5,12H2/t6-/m0/s1. The summed E-state index contributed by atoms with van der Waals surface area (Å²) in [6, 6.07) is 2.97. The van der Waals surface area contributed by atoms with E-state index >= 15 is 0 Å². The van der Waals surface area contributed by atoms with Crippen molar-refractivity contribution in [2.45, 2.75) is 24.4 Å². The molecule has 0 amide bonds. The number of halogens is 1. The topological polar surface area (TPSA) is 48.1 Å². The molecule has 74 valence electrons. The van der Waals surface area contributed by atoms with Crippen LogP contribution in [0.25, 0.3) is 0 Å². The summed E-state index contributed by atoms with van der Waals surface area (Å²) < 4.78 is 18.7. The molecule has 2 N–H and O–H groups in total. The number of nitrogens with two attached hydrogens (primary N) is 1. The minimum Gasteiger partial charge on any atom is -0.485 e. The lowest BCUT2D eigenvalue weighted by atomic mass is 9.98. The summed E-state index contributed by atoms with van der Waals surface area (Å²) in [5, 5.41) is 0. The summed E-state index contributed by atoms with van der Waals surface area (Å²) in [5.41, 5.74) is 6.23. The fraction of sp³-hybridized carbons (Fsp3) is 0.500. The van der Waals surface area contributed by atoms with Crippen LogP contribution in [0.1, 0.15) is 24.5 Å². The number of pyridine rings is 1. The van der Waals surface area contributed by atoms with E-state index in [0.29, 0.717) is 18.0 Å². The minimum atomic E-state index is -0.455. The maximum atomic E-state index is 12.9. The van der Waals surface area contributed by atoms with Gasteiger partial charge in [0.05, 0.1) is 11.6 Å². The second-order valence-electron chi connectivity index (χ2n) is 3.97. The lowest BCUT2D eigenvalue weighted by Crippen LogP contribution is -2.27. The number of ether oxygens (including phenoxy) is 1. The van der Waals surface area contributed by atoms with Crippen LogP contribution in [0.3, 0.4) is 0 Å². The quantitative estimate of drug-likeness (QED) is 0.683. The van der Waals surface area contributed by atoms with Gasteiger partial charge in [-0.25, -0.2) is 4.98 Å². The minimum absolute atomic E-state index is 0.0770. The van der Waals surface area contributed by atoms with E-state index in [1.807, 2.05) is 0 Å². The Balaban J connectivity index is 2.09. The van der Waals surface area contributed by atoms with Gasteiger partial charge in [0.2, 0.25) is 5.95 Å². The average molecular weight is 194 g/mol. The van der Waals surface area contributed by atoms with Crippen molar-refractivity contribution in [2.75, 3.05) is 6.54 Å². The maximum absolute atomic E-state index is 12.9. The summed E-state index contributed by atoms with van der Waals surface area (Å²) >= 11 is 0. The summed E-state index contributed by atoms with van der Waals surface area (Å²) in [6.45, 7) is 0.476.